The molecule has 5 rings (SSSR count). The summed E-state index contributed by atoms with van der Waals surface area (Å²) in [6.45, 7) is 5.54. The van der Waals surface area contributed by atoms with Gasteiger partial charge in [-0.3, -0.25) is 4.90 Å². The summed E-state index contributed by atoms with van der Waals surface area (Å²) in [5, 5.41) is 8.95. The number of anilines is 2. The van der Waals surface area contributed by atoms with Gasteiger partial charge in [0.15, 0.2) is 0 Å². The zero-order valence-corrected chi connectivity index (χ0v) is 22.9. The van der Waals surface area contributed by atoms with Crippen molar-refractivity contribution >= 4 is 52.3 Å². The highest BCUT2D eigenvalue weighted by molar-refractivity contribution is 6.31. The van der Waals surface area contributed by atoms with E-state index in [2.05, 4.69) is 20.9 Å². The number of alkyl halides is 3. The van der Waals surface area contributed by atoms with Crippen molar-refractivity contribution in [2.45, 2.75) is 6.18 Å². The highest BCUT2D eigenvalue weighted by atomic mass is 35.5. The van der Waals surface area contributed by atoms with Crippen LogP contribution in [0.5, 0.6) is 5.75 Å². The standard InChI is InChI=1S/C28H27ClF3N5O2.ClH/c29-24-9-6-20(18-23(24)28(30,31)32)35-27(38)34-19-4-7-21(8-5-19)37-13-10-22-25(37)2-1-3-26(22)39-17-16-36-14-11-33-12-15-36;/h1-10,13,18,33H,11-12,14-17H2,(H2,34,35,38);1H. The van der Waals surface area contributed by atoms with Gasteiger partial charge in [0.05, 0.1) is 16.1 Å². The molecule has 1 aliphatic rings. The number of carbonyl (C=O) groups is 1. The summed E-state index contributed by atoms with van der Waals surface area (Å²) in [4.78, 5) is 14.8. The number of rotatable bonds is 7. The number of hydrogen-bond acceptors (Lipinski definition) is 4. The van der Waals surface area contributed by atoms with Gasteiger partial charge in [-0.1, -0.05) is 17.7 Å². The normalized spacial score (nSPS) is 14.0. The number of piperazine rings is 1. The highest BCUT2D eigenvalue weighted by Crippen LogP contribution is 2.36. The molecule has 1 aromatic heterocycles. The molecule has 0 atom stereocenters. The lowest BCUT2D eigenvalue weighted by atomic mass is 10.2. The van der Waals surface area contributed by atoms with Gasteiger partial charge in [-0.15, -0.1) is 12.4 Å². The van der Waals surface area contributed by atoms with Crippen molar-refractivity contribution in [3.8, 4) is 11.4 Å². The Morgan fingerprint density at radius 2 is 1.68 bits per heavy atom. The largest absolute Gasteiger partial charge is 0.492 e. The number of ether oxygens (including phenoxy) is 1. The minimum Gasteiger partial charge on any atom is -0.492 e. The van der Waals surface area contributed by atoms with Gasteiger partial charge in [0, 0.05) is 61.4 Å². The van der Waals surface area contributed by atoms with Crippen LogP contribution in [0.15, 0.2) is 72.9 Å². The fraction of sp³-hybridized carbons (Fsp3) is 0.250. The Morgan fingerprint density at radius 1 is 0.975 bits per heavy atom. The van der Waals surface area contributed by atoms with Crippen molar-refractivity contribution in [1.82, 2.24) is 14.8 Å². The van der Waals surface area contributed by atoms with Crippen LogP contribution in [0.2, 0.25) is 5.02 Å². The molecule has 40 heavy (non-hydrogen) atoms. The minimum absolute atomic E-state index is 0. The van der Waals surface area contributed by atoms with Crippen LogP contribution in [0.1, 0.15) is 5.56 Å². The first-order valence-corrected chi connectivity index (χ1v) is 12.9. The SMILES string of the molecule is Cl.O=C(Nc1ccc(-n2ccc3c(OCCN4CCNCC4)cccc32)cc1)Nc1ccc(Cl)c(C(F)(F)F)c1. The third-order valence-electron chi connectivity index (χ3n) is 6.50. The van der Waals surface area contributed by atoms with Crippen molar-refractivity contribution in [2.24, 2.45) is 0 Å². The molecule has 1 aliphatic heterocycles. The van der Waals surface area contributed by atoms with Crippen LogP contribution in [0.4, 0.5) is 29.3 Å². The van der Waals surface area contributed by atoms with Gasteiger partial charge in [-0.25, -0.2) is 4.79 Å². The van der Waals surface area contributed by atoms with Crippen molar-refractivity contribution < 1.29 is 22.7 Å². The van der Waals surface area contributed by atoms with Crippen LogP contribution >= 0.6 is 24.0 Å². The maximum atomic E-state index is 13.1. The number of amides is 2. The van der Waals surface area contributed by atoms with E-state index in [0.29, 0.717) is 12.3 Å². The highest BCUT2D eigenvalue weighted by Gasteiger charge is 2.33. The van der Waals surface area contributed by atoms with Crippen molar-refractivity contribution in [2.75, 3.05) is 50.0 Å². The average molecular weight is 594 g/mol. The molecule has 3 N–H and O–H groups in total. The van der Waals surface area contributed by atoms with Crippen LogP contribution in [0.3, 0.4) is 0 Å². The number of carbonyl (C=O) groups excluding carboxylic acids is 1. The van der Waals surface area contributed by atoms with Crippen molar-refractivity contribution in [3.05, 3.63) is 83.5 Å². The summed E-state index contributed by atoms with van der Waals surface area (Å²) < 4.78 is 47.4. The second kappa shape index (κ2) is 12.8. The number of aromatic nitrogens is 1. The Bertz CT molecular complexity index is 1450. The molecule has 0 radical (unpaired) electrons. The van der Waals surface area contributed by atoms with Crippen LogP contribution in [0, 0.1) is 0 Å². The van der Waals surface area contributed by atoms with Gasteiger partial charge in [0.25, 0.3) is 0 Å². The predicted molar refractivity (Wildman–Crippen MR) is 154 cm³/mol. The van der Waals surface area contributed by atoms with E-state index >= 15 is 0 Å². The molecular weight excluding hydrogens is 566 g/mol. The summed E-state index contributed by atoms with van der Waals surface area (Å²) in [6, 6.07) is 17.6. The summed E-state index contributed by atoms with van der Waals surface area (Å²) in [7, 11) is 0. The van der Waals surface area contributed by atoms with E-state index in [0.717, 1.165) is 67.2 Å². The third kappa shape index (κ3) is 7.00. The van der Waals surface area contributed by atoms with Gasteiger partial charge >= 0.3 is 12.2 Å². The Balaban J connectivity index is 0.00000370. The average Bonchev–Trinajstić information content (AvgIpc) is 3.35. The molecule has 212 valence electrons. The molecule has 0 spiro atoms. The summed E-state index contributed by atoms with van der Waals surface area (Å²) >= 11 is 5.64. The quantitative estimate of drug-likeness (QED) is 0.224. The number of hydrogen-bond donors (Lipinski definition) is 3. The number of benzene rings is 3. The van der Waals surface area contributed by atoms with Crippen molar-refractivity contribution in [3.63, 3.8) is 0 Å². The molecule has 0 bridgehead atoms. The first-order valence-electron chi connectivity index (χ1n) is 12.5. The van der Waals surface area contributed by atoms with E-state index < -0.39 is 22.8 Å². The Labute approximate surface area is 240 Å². The van der Waals surface area contributed by atoms with Gasteiger partial charge in [0.2, 0.25) is 0 Å². The molecule has 12 heteroatoms. The van der Waals surface area contributed by atoms with E-state index in [4.69, 9.17) is 16.3 Å². The molecule has 0 unspecified atom stereocenters. The summed E-state index contributed by atoms with van der Waals surface area (Å²) in [6.07, 6.45) is -2.66. The molecule has 0 saturated carbocycles. The van der Waals surface area contributed by atoms with Gasteiger partial charge in [0.1, 0.15) is 12.4 Å². The van der Waals surface area contributed by atoms with E-state index in [9.17, 15) is 18.0 Å². The number of fused-ring (bicyclic) bond motifs is 1. The molecule has 3 aromatic carbocycles. The van der Waals surface area contributed by atoms with Crippen LogP contribution in [0.25, 0.3) is 16.6 Å². The maximum Gasteiger partial charge on any atom is 0.417 e. The van der Waals surface area contributed by atoms with Gasteiger partial charge < -0.3 is 25.3 Å². The minimum atomic E-state index is -4.62. The Morgan fingerprint density at radius 3 is 2.40 bits per heavy atom. The number of nitrogens with one attached hydrogen (secondary N) is 3. The van der Waals surface area contributed by atoms with Crippen molar-refractivity contribution in [1.29, 1.82) is 0 Å². The van der Waals surface area contributed by atoms with E-state index in [1.54, 1.807) is 12.1 Å². The molecular formula is C28H28Cl2F3N5O2. The Kier molecular flexibility index (Phi) is 9.47. The Hall–Kier alpha value is -3.44. The molecule has 1 fully saturated rings. The summed E-state index contributed by atoms with van der Waals surface area (Å²) in [5.41, 5.74) is 1.30. The lowest BCUT2D eigenvalue weighted by molar-refractivity contribution is -0.137. The molecule has 2 heterocycles. The number of nitrogens with zero attached hydrogens (tertiary/aromatic N) is 2. The first kappa shape index (κ1) is 29.5. The fourth-order valence-corrected chi connectivity index (χ4v) is 4.75. The maximum absolute atomic E-state index is 13.1. The topological polar surface area (TPSA) is 70.6 Å². The molecule has 4 aromatic rings. The number of halogens is 5. The lowest BCUT2D eigenvalue weighted by Crippen LogP contribution is -2.44. The third-order valence-corrected chi connectivity index (χ3v) is 6.83. The van der Waals surface area contributed by atoms with Gasteiger partial charge in [-0.05, 0) is 60.7 Å². The summed E-state index contributed by atoms with van der Waals surface area (Å²) in [5.74, 6) is 0.826. The number of urea groups is 1. The second-order valence-corrected chi connectivity index (χ2v) is 9.54. The lowest BCUT2D eigenvalue weighted by Gasteiger charge is -2.26. The van der Waals surface area contributed by atoms with E-state index in [1.165, 1.54) is 6.07 Å². The molecule has 2 amide bonds. The van der Waals surface area contributed by atoms with Crippen LogP contribution in [-0.2, 0) is 6.18 Å². The smallest absolute Gasteiger partial charge is 0.417 e. The van der Waals surface area contributed by atoms with E-state index in [1.807, 2.05) is 47.2 Å². The first-order chi connectivity index (χ1) is 18.8. The van der Waals surface area contributed by atoms with Crippen LogP contribution < -0.4 is 20.7 Å². The predicted octanol–water partition coefficient (Wildman–Crippen LogP) is 6.65. The molecule has 1 saturated heterocycles. The monoisotopic (exact) mass is 593 g/mol. The zero-order chi connectivity index (χ0) is 27.4. The second-order valence-electron chi connectivity index (χ2n) is 9.13. The molecule has 0 aliphatic carbocycles. The zero-order valence-electron chi connectivity index (χ0n) is 21.3. The fourth-order valence-electron chi connectivity index (χ4n) is 4.53. The van der Waals surface area contributed by atoms with Gasteiger partial charge in [-0.2, -0.15) is 13.2 Å². The molecule has 7 nitrogen and oxygen atoms in total. The van der Waals surface area contributed by atoms with E-state index in [-0.39, 0.29) is 18.1 Å². The van der Waals surface area contributed by atoms with Crippen LogP contribution in [-0.4, -0.2) is 54.8 Å².